The number of nitrogens with zero attached hydrogens (tertiary/aromatic N) is 2. The van der Waals surface area contributed by atoms with Crippen molar-refractivity contribution in [1.82, 2.24) is 20.3 Å². The fourth-order valence-corrected chi connectivity index (χ4v) is 8.40. The second kappa shape index (κ2) is 10.5. The van der Waals surface area contributed by atoms with Crippen LogP contribution in [0.5, 0.6) is 0 Å². The van der Waals surface area contributed by atoms with Crippen LogP contribution in [0.4, 0.5) is 4.79 Å². The summed E-state index contributed by atoms with van der Waals surface area (Å²) in [6.45, 7) is 1.96. The Bertz CT molecular complexity index is 1480. The molecule has 3 atom stereocenters. The molecule has 3 aliphatic heterocycles. The van der Waals surface area contributed by atoms with Crippen molar-refractivity contribution in [2.24, 2.45) is 11.8 Å². The smallest absolute Gasteiger partial charge is 0.427 e. The minimum absolute atomic E-state index is 0.111. The van der Waals surface area contributed by atoms with Gasteiger partial charge in [0.05, 0.1) is 0 Å². The highest BCUT2D eigenvalue weighted by Crippen LogP contribution is 2.49. The maximum Gasteiger partial charge on any atom is 0.427 e. The Morgan fingerprint density at radius 1 is 0.952 bits per heavy atom. The van der Waals surface area contributed by atoms with E-state index in [4.69, 9.17) is 4.84 Å². The zero-order chi connectivity index (χ0) is 29.0. The number of benzene rings is 2. The quantitative estimate of drug-likeness (QED) is 0.375. The maximum absolute atomic E-state index is 14.5. The van der Waals surface area contributed by atoms with Crippen molar-refractivity contribution < 1.29 is 24.3 Å². The van der Waals surface area contributed by atoms with Gasteiger partial charge in [0.1, 0.15) is 11.6 Å². The first-order valence-electron chi connectivity index (χ1n) is 15.2. The number of nitrogens with one attached hydrogen (secondary N) is 2. The molecule has 2 saturated carbocycles. The van der Waals surface area contributed by atoms with Crippen LogP contribution in [0.25, 0.3) is 10.9 Å². The van der Waals surface area contributed by atoms with E-state index < -0.39 is 29.6 Å². The summed E-state index contributed by atoms with van der Waals surface area (Å²) in [5.41, 5.74) is 1.36. The predicted octanol–water partition coefficient (Wildman–Crippen LogP) is 4.84. The third-order valence-electron chi connectivity index (χ3n) is 10.2. The molecule has 2 amide bonds. The van der Waals surface area contributed by atoms with Gasteiger partial charge in [-0.2, -0.15) is 0 Å². The van der Waals surface area contributed by atoms with Crippen LogP contribution in [-0.4, -0.2) is 68.2 Å². The Morgan fingerprint density at radius 2 is 1.62 bits per heavy atom. The third kappa shape index (κ3) is 4.83. The largest absolute Gasteiger partial charge is 0.480 e. The minimum atomic E-state index is -1.44. The average molecular weight is 571 g/mol. The van der Waals surface area contributed by atoms with Crippen molar-refractivity contribution in [2.75, 3.05) is 6.54 Å². The molecule has 9 nitrogen and oxygen atoms in total. The number of piperidine rings is 2. The molecule has 0 unspecified atom stereocenters. The monoisotopic (exact) mass is 570 g/mol. The van der Waals surface area contributed by atoms with Gasteiger partial charge in [0.2, 0.25) is 5.91 Å². The van der Waals surface area contributed by atoms with Crippen molar-refractivity contribution in [2.45, 2.75) is 81.5 Å². The number of aromatic nitrogens is 1. The number of carboxylic acid groups (broad SMARTS) is 1. The number of para-hydroxylation sites is 1. The van der Waals surface area contributed by atoms with E-state index in [9.17, 15) is 19.5 Å². The molecule has 9 heteroatoms. The number of fused-ring (bicyclic) bond motifs is 1. The lowest BCUT2D eigenvalue weighted by Crippen LogP contribution is -2.63. The lowest BCUT2D eigenvalue weighted by molar-refractivity contribution is -0.228. The van der Waals surface area contributed by atoms with Crippen LogP contribution in [0.3, 0.4) is 0 Å². The van der Waals surface area contributed by atoms with E-state index in [1.165, 1.54) is 11.3 Å². The van der Waals surface area contributed by atoms with Crippen LogP contribution in [0.2, 0.25) is 0 Å². The Balaban J connectivity index is 1.17. The number of amides is 2. The molecule has 5 fully saturated rings. The van der Waals surface area contributed by atoms with Crippen molar-refractivity contribution in [3.8, 4) is 0 Å². The molecule has 3 N–H and O–H groups in total. The molecule has 4 bridgehead atoms. The zero-order valence-electron chi connectivity index (χ0n) is 23.9. The highest BCUT2D eigenvalue weighted by molar-refractivity contribution is 5.94. The summed E-state index contributed by atoms with van der Waals surface area (Å²) in [5.74, 6) is -0.150. The summed E-state index contributed by atoms with van der Waals surface area (Å²) in [7, 11) is 0. The molecule has 5 aliphatic rings. The summed E-state index contributed by atoms with van der Waals surface area (Å²) < 4.78 is 0. The van der Waals surface area contributed by atoms with Crippen LogP contribution in [0.15, 0.2) is 60.8 Å². The Morgan fingerprint density at radius 3 is 2.31 bits per heavy atom. The van der Waals surface area contributed by atoms with Crippen LogP contribution >= 0.6 is 0 Å². The van der Waals surface area contributed by atoms with Gasteiger partial charge >= 0.3 is 12.1 Å². The number of hydroxylamine groups is 2. The van der Waals surface area contributed by atoms with E-state index in [-0.39, 0.29) is 31.0 Å². The van der Waals surface area contributed by atoms with Gasteiger partial charge in [0, 0.05) is 48.1 Å². The van der Waals surface area contributed by atoms with Gasteiger partial charge in [-0.3, -0.25) is 4.79 Å². The number of aromatic amines is 1. The summed E-state index contributed by atoms with van der Waals surface area (Å²) in [6, 6.07) is 17.0. The molecule has 3 aromatic rings. The molecule has 4 heterocycles. The lowest BCUT2D eigenvalue weighted by atomic mass is 9.64. The molecule has 8 rings (SSSR count). The van der Waals surface area contributed by atoms with Gasteiger partial charge in [-0.15, -0.1) is 5.06 Å². The first kappa shape index (κ1) is 27.0. The summed E-state index contributed by atoms with van der Waals surface area (Å²) >= 11 is 0. The van der Waals surface area contributed by atoms with Crippen molar-refractivity contribution >= 4 is 28.9 Å². The van der Waals surface area contributed by atoms with Crippen LogP contribution in [0, 0.1) is 11.8 Å². The zero-order valence-corrected chi connectivity index (χ0v) is 23.9. The van der Waals surface area contributed by atoms with E-state index in [2.05, 4.69) is 10.3 Å². The molecule has 2 aromatic carbocycles. The fraction of sp³-hybridized carbons (Fsp3) is 0.485. The van der Waals surface area contributed by atoms with Gasteiger partial charge in [-0.25, -0.2) is 9.59 Å². The van der Waals surface area contributed by atoms with Crippen LogP contribution in [0.1, 0.15) is 62.5 Å². The van der Waals surface area contributed by atoms with Gasteiger partial charge in [0.25, 0.3) is 0 Å². The first-order valence-corrected chi connectivity index (χ1v) is 15.2. The second-order valence-corrected chi connectivity index (χ2v) is 13.1. The van der Waals surface area contributed by atoms with Gasteiger partial charge in [0.15, 0.2) is 0 Å². The highest BCUT2D eigenvalue weighted by atomic mass is 16.7. The maximum atomic E-state index is 14.5. The number of carbonyl (C=O) groups excluding carboxylic acids is 2. The molecule has 1 aromatic heterocycles. The predicted molar refractivity (Wildman–Crippen MR) is 156 cm³/mol. The topological polar surface area (TPSA) is 115 Å². The number of aliphatic carboxylic acids is 1. The molecule has 0 spiro atoms. The van der Waals surface area contributed by atoms with Crippen molar-refractivity contribution in [3.05, 3.63) is 71.9 Å². The minimum Gasteiger partial charge on any atom is -0.480 e. The summed E-state index contributed by atoms with van der Waals surface area (Å²) in [4.78, 5) is 51.2. The highest BCUT2D eigenvalue weighted by Gasteiger charge is 2.51. The number of carboxylic acids is 1. The van der Waals surface area contributed by atoms with Crippen LogP contribution in [-0.2, 0) is 20.8 Å². The SMILES string of the molecule is C[C@](Cc1c[nH]c2ccccc12)(NC(=O)ON1C2CC3CC(C2)CC1C3)C(=O)N1C[C@H](c2ccccc2)C[C@@H]1C(=O)O. The molecular formula is C33H38N4O5. The van der Waals surface area contributed by atoms with Crippen molar-refractivity contribution in [3.63, 3.8) is 0 Å². The van der Waals surface area contributed by atoms with Gasteiger partial charge in [-0.05, 0) is 74.5 Å². The number of hydrogen-bond donors (Lipinski definition) is 3. The average Bonchev–Trinajstić information content (AvgIpc) is 3.60. The molecule has 0 radical (unpaired) electrons. The number of hydrogen-bond acceptors (Lipinski definition) is 5. The van der Waals surface area contributed by atoms with E-state index in [1.807, 2.05) is 65.9 Å². The van der Waals surface area contributed by atoms with E-state index in [0.29, 0.717) is 18.3 Å². The normalized spacial score (nSPS) is 29.9. The summed E-state index contributed by atoms with van der Waals surface area (Å²) in [5, 5.41) is 15.9. The Hall–Kier alpha value is -3.85. The number of carbonyl (C=O) groups is 3. The van der Waals surface area contributed by atoms with E-state index >= 15 is 0 Å². The number of H-pyrrole nitrogens is 1. The Labute approximate surface area is 245 Å². The molecule has 42 heavy (non-hydrogen) atoms. The fourth-order valence-electron chi connectivity index (χ4n) is 8.40. The van der Waals surface area contributed by atoms with E-state index in [0.717, 1.165) is 47.7 Å². The van der Waals surface area contributed by atoms with Crippen LogP contribution < -0.4 is 5.32 Å². The lowest BCUT2D eigenvalue weighted by Gasteiger charge is -2.54. The number of rotatable bonds is 7. The van der Waals surface area contributed by atoms with Gasteiger partial charge < -0.3 is 25.1 Å². The second-order valence-electron chi connectivity index (χ2n) is 13.1. The van der Waals surface area contributed by atoms with E-state index in [1.54, 1.807) is 6.92 Å². The molecule has 2 aliphatic carbocycles. The van der Waals surface area contributed by atoms with Gasteiger partial charge in [-0.1, -0.05) is 48.5 Å². The third-order valence-corrected chi connectivity index (χ3v) is 10.2. The molecular weight excluding hydrogens is 532 g/mol. The van der Waals surface area contributed by atoms with Crippen molar-refractivity contribution in [1.29, 1.82) is 0 Å². The standard InChI is InChI=1S/C33H38N4O5/c1-33(17-24-18-34-28-10-6-5-9-27(24)28,35-32(41)42-37-25-12-20-11-21(14-25)15-26(37)13-20)31(40)36-19-23(16-29(36)30(38)39)22-7-3-2-4-8-22/h2-10,18,20-21,23,25-26,29,34H,11-17,19H2,1H3,(H,35,41)(H,38,39)/t20?,21?,23-,25?,26?,29-,33-/m1/s1. The molecule has 3 saturated heterocycles. The Kier molecular flexibility index (Phi) is 6.72. The first-order chi connectivity index (χ1) is 20.3. The summed E-state index contributed by atoms with van der Waals surface area (Å²) in [6.07, 6.45) is 7.15. The number of likely N-dealkylation sites (tertiary alicyclic amines) is 1. The molecule has 220 valence electrons.